The molecular weight excluding hydrogens is 284 g/mol. The van der Waals surface area contributed by atoms with Gasteiger partial charge in [-0.3, -0.25) is 9.69 Å². The standard InChI is InChI=1S/C20H28N2O/c1-6-8-17-10-14(3)11-18(9-7-2)22(17)13-19-16(5)20(23)15(4)12-21-19/h6-7,10,12,17-18H,1-2,8-9,11,13H2,3-5H3,(H,21,23)/t17-,18-/m0/s1. The van der Waals surface area contributed by atoms with Crippen LogP contribution < -0.4 is 5.43 Å². The smallest absolute Gasteiger partial charge is 0.187 e. The zero-order chi connectivity index (χ0) is 17.0. The van der Waals surface area contributed by atoms with Gasteiger partial charge in [0.1, 0.15) is 0 Å². The van der Waals surface area contributed by atoms with Crippen LogP contribution in [-0.2, 0) is 6.54 Å². The van der Waals surface area contributed by atoms with Crippen LogP contribution >= 0.6 is 0 Å². The van der Waals surface area contributed by atoms with E-state index in [1.807, 2.05) is 32.2 Å². The van der Waals surface area contributed by atoms with E-state index in [9.17, 15) is 4.79 Å². The van der Waals surface area contributed by atoms with Gasteiger partial charge in [0.05, 0.1) is 0 Å². The molecule has 2 atom stereocenters. The Morgan fingerprint density at radius 1 is 1.26 bits per heavy atom. The topological polar surface area (TPSA) is 36.1 Å². The summed E-state index contributed by atoms with van der Waals surface area (Å²) in [6.07, 6.45) is 11.0. The number of hydrogen-bond donors (Lipinski definition) is 1. The van der Waals surface area contributed by atoms with Crippen molar-refractivity contribution in [3.05, 3.63) is 70.2 Å². The highest BCUT2D eigenvalue weighted by Crippen LogP contribution is 2.28. The lowest BCUT2D eigenvalue weighted by atomic mass is 9.92. The molecule has 0 fully saturated rings. The molecule has 2 rings (SSSR count). The monoisotopic (exact) mass is 312 g/mol. The van der Waals surface area contributed by atoms with E-state index in [0.717, 1.165) is 42.6 Å². The second kappa shape index (κ2) is 7.60. The van der Waals surface area contributed by atoms with Crippen LogP contribution in [0, 0.1) is 13.8 Å². The van der Waals surface area contributed by atoms with Crippen LogP contribution in [0.5, 0.6) is 0 Å². The molecule has 0 bridgehead atoms. The fourth-order valence-electron chi connectivity index (χ4n) is 3.43. The first kappa shape index (κ1) is 17.5. The van der Waals surface area contributed by atoms with Crippen LogP contribution in [0.2, 0.25) is 0 Å². The Hall–Kier alpha value is -1.87. The number of aromatic nitrogens is 1. The molecule has 1 aromatic rings. The molecule has 1 N–H and O–H groups in total. The van der Waals surface area contributed by atoms with Crippen LogP contribution in [0.1, 0.15) is 43.0 Å². The van der Waals surface area contributed by atoms with Crippen molar-refractivity contribution in [2.24, 2.45) is 0 Å². The first-order valence-corrected chi connectivity index (χ1v) is 8.30. The number of aromatic amines is 1. The summed E-state index contributed by atoms with van der Waals surface area (Å²) in [7, 11) is 0. The van der Waals surface area contributed by atoms with Crippen molar-refractivity contribution in [2.75, 3.05) is 0 Å². The Morgan fingerprint density at radius 3 is 2.61 bits per heavy atom. The SMILES string of the molecule is C=CC[C@H]1CC(C)=C[C@H](CC=C)N1Cc1[nH]cc(C)c(=O)c1C. The van der Waals surface area contributed by atoms with E-state index in [1.165, 1.54) is 5.57 Å². The van der Waals surface area contributed by atoms with Gasteiger partial charge in [0, 0.05) is 41.6 Å². The van der Waals surface area contributed by atoms with Crippen LogP contribution in [0.25, 0.3) is 0 Å². The van der Waals surface area contributed by atoms with E-state index in [2.05, 4.69) is 36.0 Å². The molecule has 3 nitrogen and oxygen atoms in total. The van der Waals surface area contributed by atoms with Crippen LogP contribution in [0.4, 0.5) is 0 Å². The molecule has 0 radical (unpaired) electrons. The number of H-pyrrole nitrogens is 1. The molecule has 124 valence electrons. The molecule has 1 aromatic heterocycles. The van der Waals surface area contributed by atoms with Gasteiger partial charge in [0.2, 0.25) is 0 Å². The van der Waals surface area contributed by atoms with Gasteiger partial charge >= 0.3 is 0 Å². The van der Waals surface area contributed by atoms with Crippen molar-refractivity contribution in [1.29, 1.82) is 0 Å². The summed E-state index contributed by atoms with van der Waals surface area (Å²) in [5.74, 6) is 0. The van der Waals surface area contributed by atoms with Crippen molar-refractivity contribution in [3.8, 4) is 0 Å². The van der Waals surface area contributed by atoms with Gasteiger partial charge in [-0.05, 0) is 40.0 Å². The average Bonchev–Trinajstić information content (AvgIpc) is 2.51. The van der Waals surface area contributed by atoms with Crippen molar-refractivity contribution in [2.45, 2.75) is 58.7 Å². The normalized spacial score (nSPS) is 21.8. The summed E-state index contributed by atoms with van der Waals surface area (Å²) in [6, 6.07) is 0.752. The minimum absolute atomic E-state index is 0.142. The fourth-order valence-corrected chi connectivity index (χ4v) is 3.43. The second-order valence-corrected chi connectivity index (χ2v) is 6.56. The zero-order valence-corrected chi connectivity index (χ0v) is 14.6. The lowest BCUT2D eigenvalue weighted by molar-refractivity contribution is 0.136. The Kier molecular flexibility index (Phi) is 5.78. The number of pyridine rings is 1. The predicted octanol–water partition coefficient (Wildman–Crippen LogP) is 4.03. The summed E-state index contributed by atoms with van der Waals surface area (Å²) in [5.41, 5.74) is 4.17. The minimum atomic E-state index is 0.142. The predicted molar refractivity (Wildman–Crippen MR) is 97.7 cm³/mol. The highest BCUT2D eigenvalue weighted by molar-refractivity contribution is 5.24. The maximum Gasteiger partial charge on any atom is 0.187 e. The molecule has 0 saturated heterocycles. The van der Waals surface area contributed by atoms with Crippen molar-refractivity contribution in [1.82, 2.24) is 9.88 Å². The first-order chi connectivity index (χ1) is 11.0. The fraction of sp³-hybridized carbons (Fsp3) is 0.450. The van der Waals surface area contributed by atoms with E-state index < -0.39 is 0 Å². The van der Waals surface area contributed by atoms with Gasteiger partial charge in [-0.1, -0.05) is 23.8 Å². The van der Waals surface area contributed by atoms with Crippen LogP contribution in [0.15, 0.2) is 48.0 Å². The molecule has 0 spiro atoms. The molecule has 0 saturated carbocycles. The van der Waals surface area contributed by atoms with Gasteiger partial charge < -0.3 is 4.98 Å². The second-order valence-electron chi connectivity index (χ2n) is 6.56. The third-order valence-electron chi connectivity index (χ3n) is 4.73. The number of hydrogen-bond acceptors (Lipinski definition) is 2. The molecule has 3 heteroatoms. The number of rotatable bonds is 6. The van der Waals surface area contributed by atoms with E-state index >= 15 is 0 Å². The summed E-state index contributed by atoms with van der Waals surface area (Å²) in [5, 5.41) is 0. The molecule has 0 unspecified atom stereocenters. The van der Waals surface area contributed by atoms with E-state index in [4.69, 9.17) is 0 Å². The Morgan fingerprint density at radius 2 is 1.96 bits per heavy atom. The van der Waals surface area contributed by atoms with Crippen LogP contribution in [-0.4, -0.2) is 22.0 Å². The maximum atomic E-state index is 12.2. The number of aryl methyl sites for hydroxylation is 1. The largest absolute Gasteiger partial charge is 0.363 e. The van der Waals surface area contributed by atoms with Crippen LogP contribution in [0.3, 0.4) is 0 Å². The van der Waals surface area contributed by atoms with E-state index in [0.29, 0.717) is 12.1 Å². The molecule has 0 aromatic carbocycles. The summed E-state index contributed by atoms with van der Waals surface area (Å²) < 4.78 is 0. The maximum absolute atomic E-state index is 12.2. The summed E-state index contributed by atoms with van der Waals surface area (Å²) >= 11 is 0. The lowest BCUT2D eigenvalue weighted by Crippen LogP contribution is -2.45. The van der Waals surface area contributed by atoms with Crippen molar-refractivity contribution >= 4 is 0 Å². The lowest BCUT2D eigenvalue weighted by Gasteiger charge is -2.40. The van der Waals surface area contributed by atoms with Gasteiger partial charge in [0.15, 0.2) is 5.43 Å². The molecule has 1 aliphatic rings. The Labute approximate surface area is 139 Å². The molecule has 1 aliphatic heterocycles. The molecular formula is C20H28N2O. The van der Waals surface area contributed by atoms with Crippen molar-refractivity contribution in [3.63, 3.8) is 0 Å². The van der Waals surface area contributed by atoms with Crippen molar-refractivity contribution < 1.29 is 0 Å². The summed E-state index contributed by atoms with van der Waals surface area (Å²) in [6.45, 7) is 14.5. The average molecular weight is 312 g/mol. The molecule has 0 amide bonds. The minimum Gasteiger partial charge on any atom is -0.363 e. The van der Waals surface area contributed by atoms with E-state index in [-0.39, 0.29) is 5.43 Å². The quantitative estimate of drug-likeness (QED) is 0.805. The summed E-state index contributed by atoms with van der Waals surface area (Å²) in [4.78, 5) is 18.0. The number of nitrogens with one attached hydrogen (secondary N) is 1. The van der Waals surface area contributed by atoms with Gasteiger partial charge in [-0.25, -0.2) is 0 Å². The molecule has 2 heterocycles. The first-order valence-electron chi connectivity index (χ1n) is 8.30. The van der Waals surface area contributed by atoms with Gasteiger partial charge in [-0.15, -0.1) is 13.2 Å². The molecule has 23 heavy (non-hydrogen) atoms. The third kappa shape index (κ3) is 3.91. The Balaban J connectivity index is 2.35. The zero-order valence-electron chi connectivity index (χ0n) is 14.6. The highest BCUT2D eigenvalue weighted by Gasteiger charge is 2.28. The van der Waals surface area contributed by atoms with Gasteiger partial charge in [0.25, 0.3) is 0 Å². The molecule has 0 aliphatic carbocycles. The van der Waals surface area contributed by atoms with Gasteiger partial charge in [-0.2, -0.15) is 0 Å². The number of nitrogens with zero attached hydrogens (tertiary/aromatic N) is 1. The third-order valence-corrected chi connectivity index (χ3v) is 4.73. The Bertz CT molecular complexity index is 669. The highest BCUT2D eigenvalue weighted by atomic mass is 16.1. The van der Waals surface area contributed by atoms with E-state index in [1.54, 1.807) is 0 Å².